The highest BCUT2D eigenvalue weighted by Crippen LogP contribution is 2.27. The lowest BCUT2D eigenvalue weighted by Gasteiger charge is -2.25. The number of carboxylic acids is 1. The first kappa shape index (κ1) is 16.1. The highest BCUT2D eigenvalue weighted by Gasteiger charge is 2.24. The minimum atomic E-state index is -1.26. The minimum Gasteiger partial charge on any atom is -0.477 e. The van der Waals surface area contributed by atoms with Crippen LogP contribution in [0.15, 0.2) is 59.5 Å². The summed E-state index contributed by atoms with van der Waals surface area (Å²) in [5.41, 5.74) is 0.744. The summed E-state index contributed by atoms with van der Waals surface area (Å²) in [6.07, 6.45) is 3.74. The molecule has 1 atom stereocenters. The van der Waals surface area contributed by atoms with Crippen LogP contribution in [-0.2, 0) is 0 Å². The van der Waals surface area contributed by atoms with E-state index in [0.29, 0.717) is 17.9 Å². The zero-order valence-electron chi connectivity index (χ0n) is 14.1. The summed E-state index contributed by atoms with van der Waals surface area (Å²) in [6.45, 7) is 1.88. The van der Waals surface area contributed by atoms with Crippen molar-refractivity contribution in [3.63, 3.8) is 0 Å². The lowest BCUT2D eigenvalue weighted by Crippen LogP contribution is -2.34. The van der Waals surface area contributed by atoms with E-state index < -0.39 is 11.5 Å². The third-order valence-electron chi connectivity index (χ3n) is 4.60. The van der Waals surface area contributed by atoms with Crippen molar-refractivity contribution >= 4 is 28.1 Å². The number of nitrogens with one attached hydrogen (secondary N) is 1. The SMILES string of the molecule is CC1CC=C(Nc2ccc3ccccc3c2)c2ncc(C(=O)O)c(=O)n21. The van der Waals surface area contributed by atoms with Gasteiger partial charge in [-0.15, -0.1) is 0 Å². The normalized spacial score (nSPS) is 16.0. The molecule has 6 heteroatoms. The fraction of sp³-hybridized carbons (Fsp3) is 0.150. The molecule has 0 radical (unpaired) electrons. The molecule has 6 nitrogen and oxygen atoms in total. The molecule has 0 amide bonds. The fourth-order valence-corrected chi connectivity index (χ4v) is 3.24. The molecule has 3 aromatic rings. The van der Waals surface area contributed by atoms with Crippen molar-refractivity contribution < 1.29 is 9.90 Å². The third-order valence-corrected chi connectivity index (χ3v) is 4.60. The van der Waals surface area contributed by atoms with Gasteiger partial charge in [0.1, 0.15) is 5.56 Å². The number of aromatic nitrogens is 2. The highest BCUT2D eigenvalue weighted by atomic mass is 16.4. The van der Waals surface area contributed by atoms with E-state index in [1.807, 2.05) is 55.5 Å². The zero-order valence-corrected chi connectivity index (χ0v) is 14.1. The number of allylic oxidation sites excluding steroid dienone is 1. The Hall–Kier alpha value is -3.41. The summed E-state index contributed by atoms with van der Waals surface area (Å²) in [5.74, 6) is -0.810. The molecule has 0 saturated heterocycles. The summed E-state index contributed by atoms with van der Waals surface area (Å²) < 4.78 is 1.45. The monoisotopic (exact) mass is 347 g/mol. The molecule has 1 aliphatic heterocycles. The quantitative estimate of drug-likeness (QED) is 0.757. The second kappa shape index (κ2) is 6.15. The summed E-state index contributed by atoms with van der Waals surface area (Å²) in [4.78, 5) is 28.0. The largest absolute Gasteiger partial charge is 0.477 e. The average molecular weight is 347 g/mol. The van der Waals surface area contributed by atoms with E-state index in [-0.39, 0.29) is 11.6 Å². The van der Waals surface area contributed by atoms with Crippen molar-refractivity contribution in [2.75, 3.05) is 5.32 Å². The topological polar surface area (TPSA) is 84.2 Å². The number of hydrogen-bond acceptors (Lipinski definition) is 4. The smallest absolute Gasteiger partial charge is 0.342 e. The molecule has 2 N–H and O–H groups in total. The second-order valence-corrected chi connectivity index (χ2v) is 6.37. The number of benzene rings is 2. The van der Waals surface area contributed by atoms with Crippen molar-refractivity contribution in [1.82, 2.24) is 9.55 Å². The maximum absolute atomic E-state index is 12.5. The standard InChI is InChI=1S/C20H17N3O3/c1-12-6-9-17(18-21-11-16(20(25)26)19(24)23(12)18)22-15-8-7-13-4-2-3-5-14(13)10-15/h2-5,7-12,22H,6H2,1H3,(H,25,26). The summed E-state index contributed by atoms with van der Waals surface area (Å²) >= 11 is 0. The van der Waals surface area contributed by atoms with Gasteiger partial charge in [-0.1, -0.05) is 36.4 Å². The van der Waals surface area contributed by atoms with Crippen molar-refractivity contribution in [3.8, 4) is 0 Å². The predicted octanol–water partition coefficient (Wildman–Crippen LogP) is 3.51. The minimum absolute atomic E-state index is 0.147. The molecule has 26 heavy (non-hydrogen) atoms. The van der Waals surface area contributed by atoms with Crippen LogP contribution in [0.1, 0.15) is 35.6 Å². The van der Waals surface area contributed by atoms with E-state index in [4.69, 9.17) is 0 Å². The molecule has 0 saturated carbocycles. The lowest BCUT2D eigenvalue weighted by molar-refractivity contribution is 0.0693. The Morgan fingerprint density at radius 3 is 2.77 bits per heavy atom. The van der Waals surface area contributed by atoms with E-state index in [9.17, 15) is 14.7 Å². The molecule has 1 aliphatic rings. The molecular formula is C20H17N3O3. The van der Waals surface area contributed by atoms with E-state index in [0.717, 1.165) is 22.7 Å². The van der Waals surface area contributed by atoms with Gasteiger partial charge in [0.05, 0.1) is 5.70 Å². The number of nitrogens with zero attached hydrogens (tertiary/aromatic N) is 2. The molecule has 0 spiro atoms. The van der Waals surface area contributed by atoms with Gasteiger partial charge in [0.2, 0.25) is 0 Å². The van der Waals surface area contributed by atoms with Gasteiger partial charge in [-0.3, -0.25) is 9.36 Å². The Balaban J connectivity index is 1.75. The lowest BCUT2D eigenvalue weighted by atomic mass is 10.1. The molecule has 130 valence electrons. The predicted molar refractivity (Wildman–Crippen MR) is 100 cm³/mol. The molecule has 0 bridgehead atoms. The van der Waals surface area contributed by atoms with Gasteiger partial charge in [0.15, 0.2) is 5.82 Å². The Bertz CT molecular complexity index is 1110. The number of hydrogen-bond donors (Lipinski definition) is 2. The Morgan fingerprint density at radius 1 is 1.23 bits per heavy atom. The summed E-state index contributed by atoms with van der Waals surface area (Å²) in [6, 6.07) is 13.9. The van der Waals surface area contributed by atoms with E-state index in [2.05, 4.69) is 10.3 Å². The van der Waals surface area contributed by atoms with Gasteiger partial charge in [-0.25, -0.2) is 9.78 Å². The van der Waals surface area contributed by atoms with Crippen LogP contribution < -0.4 is 10.9 Å². The van der Waals surface area contributed by atoms with Crippen LogP contribution in [0.25, 0.3) is 16.5 Å². The summed E-state index contributed by atoms with van der Waals surface area (Å²) in [7, 11) is 0. The van der Waals surface area contributed by atoms with Gasteiger partial charge in [-0.2, -0.15) is 0 Å². The van der Waals surface area contributed by atoms with Crippen molar-refractivity contribution in [2.24, 2.45) is 0 Å². The Morgan fingerprint density at radius 2 is 2.00 bits per heavy atom. The zero-order chi connectivity index (χ0) is 18.3. The van der Waals surface area contributed by atoms with Crippen LogP contribution in [-0.4, -0.2) is 20.6 Å². The van der Waals surface area contributed by atoms with Gasteiger partial charge >= 0.3 is 5.97 Å². The van der Waals surface area contributed by atoms with Crippen LogP contribution in [0.3, 0.4) is 0 Å². The highest BCUT2D eigenvalue weighted by molar-refractivity contribution is 5.89. The first-order valence-electron chi connectivity index (χ1n) is 8.36. The number of rotatable bonds is 3. The maximum Gasteiger partial charge on any atom is 0.342 e. The van der Waals surface area contributed by atoms with E-state index >= 15 is 0 Å². The van der Waals surface area contributed by atoms with Gasteiger partial charge in [0.25, 0.3) is 5.56 Å². The number of fused-ring (bicyclic) bond motifs is 2. The molecule has 0 fully saturated rings. The van der Waals surface area contributed by atoms with Crippen molar-refractivity contribution in [1.29, 1.82) is 0 Å². The number of aromatic carboxylic acids is 1. The van der Waals surface area contributed by atoms with Crippen LogP contribution in [0.4, 0.5) is 5.69 Å². The van der Waals surface area contributed by atoms with Crippen molar-refractivity contribution in [2.45, 2.75) is 19.4 Å². The van der Waals surface area contributed by atoms with Crippen LogP contribution in [0.2, 0.25) is 0 Å². The number of carbonyl (C=O) groups is 1. The molecular weight excluding hydrogens is 330 g/mol. The maximum atomic E-state index is 12.5. The number of anilines is 1. The average Bonchev–Trinajstić information content (AvgIpc) is 2.63. The summed E-state index contributed by atoms with van der Waals surface area (Å²) in [5, 5.41) is 14.7. The third kappa shape index (κ3) is 2.65. The van der Waals surface area contributed by atoms with Crippen LogP contribution in [0.5, 0.6) is 0 Å². The molecule has 1 unspecified atom stereocenters. The molecule has 0 aliphatic carbocycles. The first-order valence-corrected chi connectivity index (χ1v) is 8.36. The second-order valence-electron chi connectivity index (χ2n) is 6.37. The fourth-order valence-electron chi connectivity index (χ4n) is 3.24. The molecule has 2 aromatic carbocycles. The van der Waals surface area contributed by atoms with Crippen LogP contribution >= 0.6 is 0 Å². The molecule has 4 rings (SSSR count). The van der Waals surface area contributed by atoms with E-state index in [1.165, 1.54) is 4.57 Å². The molecule has 2 heterocycles. The number of carboxylic acid groups (broad SMARTS) is 1. The van der Waals surface area contributed by atoms with Crippen LogP contribution in [0, 0.1) is 0 Å². The van der Waals surface area contributed by atoms with Gasteiger partial charge < -0.3 is 10.4 Å². The Labute approximate surface area is 149 Å². The molecule has 1 aromatic heterocycles. The van der Waals surface area contributed by atoms with E-state index in [1.54, 1.807) is 0 Å². The first-order chi connectivity index (χ1) is 12.5. The van der Waals surface area contributed by atoms with Gasteiger partial charge in [-0.05, 0) is 36.2 Å². The Kier molecular flexibility index (Phi) is 3.80. The van der Waals surface area contributed by atoms with Gasteiger partial charge in [0, 0.05) is 17.9 Å². The van der Waals surface area contributed by atoms with Crippen molar-refractivity contribution in [3.05, 3.63) is 76.5 Å².